The van der Waals surface area contributed by atoms with Gasteiger partial charge in [0.25, 0.3) is 0 Å². The molecule has 4 nitrogen and oxygen atoms in total. The van der Waals surface area contributed by atoms with Crippen LogP contribution in [0.4, 0.5) is 0 Å². The third kappa shape index (κ3) is 5.61. The molecule has 2 aromatic rings. The van der Waals surface area contributed by atoms with Crippen LogP contribution in [-0.2, 0) is 6.42 Å². The summed E-state index contributed by atoms with van der Waals surface area (Å²) in [7, 11) is 0. The van der Waals surface area contributed by atoms with Gasteiger partial charge >= 0.3 is 11.9 Å². The molecule has 2 rings (SSSR count). The van der Waals surface area contributed by atoms with Gasteiger partial charge in [-0.15, -0.1) is 0 Å². The first-order chi connectivity index (χ1) is 12.0. The lowest BCUT2D eigenvalue weighted by molar-refractivity contribution is 0.0696. The Balaban J connectivity index is 1.96. The van der Waals surface area contributed by atoms with Crippen LogP contribution in [0.1, 0.15) is 58.9 Å². The van der Waals surface area contributed by atoms with Crippen molar-refractivity contribution < 1.29 is 19.4 Å². The van der Waals surface area contributed by atoms with Crippen LogP contribution in [0.3, 0.4) is 0 Å². The fourth-order valence-electron chi connectivity index (χ4n) is 2.46. The number of carboxylic acids is 1. The fourth-order valence-corrected chi connectivity index (χ4v) is 2.71. The highest BCUT2D eigenvalue weighted by Gasteiger charge is 2.13. The Hall–Kier alpha value is -2.33. The Morgan fingerprint density at radius 2 is 1.76 bits per heavy atom. The zero-order valence-corrected chi connectivity index (χ0v) is 14.9. The van der Waals surface area contributed by atoms with E-state index in [1.54, 1.807) is 12.1 Å². The number of carbonyl (C=O) groups is 2. The van der Waals surface area contributed by atoms with E-state index in [9.17, 15) is 9.59 Å². The molecule has 5 heteroatoms. The van der Waals surface area contributed by atoms with Crippen molar-refractivity contribution in [2.75, 3.05) is 0 Å². The molecule has 0 fully saturated rings. The maximum absolute atomic E-state index is 12.2. The molecule has 0 atom stereocenters. The second-order valence-electron chi connectivity index (χ2n) is 5.84. The smallest absolute Gasteiger partial charge is 0.343 e. The van der Waals surface area contributed by atoms with Crippen molar-refractivity contribution >= 4 is 23.5 Å². The fraction of sp³-hybridized carbons (Fsp3) is 0.300. The molecule has 0 amide bonds. The standard InChI is InChI=1S/C20H21ClO4/c1-2-3-4-5-6-14-7-9-15(10-8-14)20(24)25-16-11-12-17(19(22)23)18(21)13-16/h7-13H,2-6H2,1H3,(H,22,23). The number of unbranched alkanes of at least 4 members (excludes halogenated alkanes) is 3. The van der Waals surface area contributed by atoms with E-state index in [0.717, 1.165) is 12.8 Å². The number of carbonyl (C=O) groups excluding carboxylic acids is 1. The number of hydrogen-bond acceptors (Lipinski definition) is 3. The highest BCUT2D eigenvalue weighted by molar-refractivity contribution is 6.33. The van der Waals surface area contributed by atoms with E-state index in [2.05, 4.69) is 6.92 Å². The molecule has 0 saturated carbocycles. The summed E-state index contributed by atoms with van der Waals surface area (Å²) >= 11 is 5.87. The Bertz CT molecular complexity index is 738. The summed E-state index contributed by atoms with van der Waals surface area (Å²) in [5.74, 6) is -1.42. The monoisotopic (exact) mass is 360 g/mol. The van der Waals surface area contributed by atoms with E-state index >= 15 is 0 Å². The van der Waals surface area contributed by atoms with Crippen LogP contribution in [0.2, 0.25) is 5.02 Å². The summed E-state index contributed by atoms with van der Waals surface area (Å²) in [5, 5.41) is 8.97. The minimum absolute atomic E-state index is 0.0280. The molecule has 0 radical (unpaired) electrons. The van der Waals surface area contributed by atoms with Crippen molar-refractivity contribution in [2.24, 2.45) is 0 Å². The Morgan fingerprint density at radius 3 is 2.36 bits per heavy atom. The van der Waals surface area contributed by atoms with Gasteiger partial charge in [0.1, 0.15) is 5.75 Å². The number of halogens is 1. The summed E-state index contributed by atoms with van der Waals surface area (Å²) in [5.41, 5.74) is 1.60. The van der Waals surface area contributed by atoms with E-state index in [-0.39, 0.29) is 16.3 Å². The maximum Gasteiger partial charge on any atom is 0.343 e. The van der Waals surface area contributed by atoms with E-state index in [1.165, 1.54) is 43.0 Å². The van der Waals surface area contributed by atoms with E-state index in [1.807, 2.05) is 12.1 Å². The molecule has 2 aromatic carbocycles. The first-order valence-electron chi connectivity index (χ1n) is 8.35. The summed E-state index contributed by atoms with van der Waals surface area (Å²) in [6.07, 6.45) is 5.82. The van der Waals surface area contributed by atoms with Crippen molar-refractivity contribution in [1.29, 1.82) is 0 Å². The van der Waals surface area contributed by atoms with Crippen LogP contribution < -0.4 is 4.74 Å². The topological polar surface area (TPSA) is 63.6 Å². The Kier molecular flexibility index (Phi) is 7.02. The quantitative estimate of drug-likeness (QED) is 0.390. The van der Waals surface area contributed by atoms with Gasteiger partial charge in [-0.05, 0) is 42.7 Å². The van der Waals surface area contributed by atoms with Crippen LogP contribution in [0.25, 0.3) is 0 Å². The Morgan fingerprint density at radius 1 is 1.04 bits per heavy atom. The molecule has 0 heterocycles. The molecule has 1 N–H and O–H groups in total. The summed E-state index contributed by atoms with van der Waals surface area (Å²) in [6, 6.07) is 11.4. The van der Waals surface area contributed by atoms with Crippen molar-refractivity contribution in [1.82, 2.24) is 0 Å². The van der Waals surface area contributed by atoms with Crippen molar-refractivity contribution in [3.05, 3.63) is 64.2 Å². The van der Waals surface area contributed by atoms with E-state index in [0.29, 0.717) is 5.56 Å². The predicted octanol–water partition coefficient (Wildman–Crippen LogP) is 5.38. The van der Waals surface area contributed by atoms with Crippen molar-refractivity contribution in [2.45, 2.75) is 39.0 Å². The van der Waals surface area contributed by atoms with Gasteiger partial charge in [0.05, 0.1) is 16.1 Å². The van der Waals surface area contributed by atoms with Crippen LogP contribution >= 0.6 is 11.6 Å². The lowest BCUT2D eigenvalue weighted by Crippen LogP contribution is -2.09. The normalized spacial score (nSPS) is 10.5. The lowest BCUT2D eigenvalue weighted by atomic mass is 10.0. The Labute approximate surface area is 152 Å². The highest BCUT2D eigenvalue weighted by atomic mass is 35.5. The molecule has 25 heavy (non-hydrogen) atoms. The number of benzene rings is 2. The summed E-state index contributed by atoms with van der Waals surface area (Å²) in [6.45, 7) is 2.18. The van der Waals surface area contributed by atoms with Gasteiger partial charge in [0, 0.05) is 6.07 Å². The number of aryl methyl sites for hydroxylation is 1. The minimum atomic E-state index is -1.13. The van der Waals surface area contributed by atoms with Crippen molar-refractivity contribution in [3.63, 3.8) is 0 Å². The van der Waals surface area contributed by atoms with Crippen LogP contribution in [0.5, 0.6) is 5.75 Å². The van der Waals surface area contributed by atoms with Crippen LogP contribution in [0, 0.1) is 0 Å². The number of hydrogen-bond donors (Lipinski definition) is 1. The molecular formula is C20H21ClO4. The van der Waals surface area contributed by atoms with Gasteiger partial charge in [-0.25, -0.2) is 9.59 Å². The SMILES string of the molecule is CCCCCCc1ccc(C(=O)Oc2ccc(C(=O)O)c(Cl)c2)cc1. The largest absolute Gasteiger partial charge is 0.478 e. The highest BCUT2D eigenvalue weighted by Crippen LogP contribution is 2.23. The molecule has 0 aromatic heterocycles. The number of ether oxygens (including phenoxy) is 1. The third-order valence-electron chi connectivity index (χ3n) is 3.89. The molecule has 0 aliphatic rings. The predicted molar refractivity (Wildman–Crippen MR) is 97.7 cm³/mol. The number of aromatic carboxylic acids is 1. The van der Waals surface area contributed by atoms with Gasteiger partial charge in [0.2, 0.25) is 0 Å². The first kappa shape index (κ1) is 19.0. The molecule has 0 spiro atoms. The molecule has 0 aliphatic carbocycles. The first-order valence-corrected chi connectivity index (χ1v) is 8.73. The van der Waals surface area contributed by atoms with E-state index < -0.39 is 11.9 Å². The average Bonchev–Trinajstić information content (AvgIpc) is 2.59. The third-order valence-corrected chi connectivity index (χ3v) is 4.20. The second kappa shape index (κ2) is 9.23. The number of esters is 1. The second-order valence-corrected chi connectivity index (χ2v) is 6.25. The molecule has 132 valence electrons. The van der Waals surface area contributed by atoms with Crippen molar-refractivity contribution in [3.8, 4) is 5.75 Å². The zero-order valence-electron chi connectivity index (χ0n) is 14.1. The van der Waals surface area contributed by atoms with Gasteiger partial charge in [-0.3, -0.25) is 0 Å². The van der Waals surface area contributed by atoms with Gasteiger partial charge in [-0.2, -0.15) is 0 Å². The molecule has 0 bridgehead atoms. The average molecular weight is 361 g/mol. The molecule has 0 saturated heterocycles. The molecular weight excluding hydrogens is 340 g/mol. The van der Waals surface area contributed by atoms with Gasteiger partial charge in [-0.1, -0.05) is 49.9 Å². The van der Waals surface area contributed by atoms with Crippen LogP contribution in [-0.4, -0.2) is 17.0 Å². The minimum Gasteiger partial charge on any atom is -0.478 e. The number of rotatable bonds is 8. The summed E-state index contributed by atoms with van der Waals surface area (Å²) < 4.78 is 5.25. The van der Waals surface area contributed by atoms with Gasteiger partial charge in [0.15, 0.2) is 0 Å². The summed E-state index contributed by atoms with van der Waals surface area (Å²) in [4.78, 5) is 23.1. The maximum atomic E-state index is 12.2. The van der Waals surface area contributed by atoms with E-state index in [4.69, 9.17) is 21.4 Å². The van der Waals surface area contributed by atoms with Gasteiger partial charge < -0.3 is 9.84 Å². The number of carboxylic acid groups (broad SMARTS) is 1. The molecule has 0 unspecified atom stereocenters. The lowest BCUT2D eigenvalue weighted by Gasteiger charge is -2.07. The molecule has 0 aliphatic heterocycles. The zero-order chi connectivity index (χ0) is 18.2. The van der Waals surface area contributed by atoms with Crippen LogP contribution in [0.15, 0.2) is 42.5 Å².